The fraction of sp³-hybridized carbons (Fsp3) is 0.625. The molecule has 0 fully saturated rings. The van der Waals surface area contributed by atoms with E-state index >= 15 is 0 Å². The highest BCUT2D eigenvalue weighted by molar-refractivity contribution is 7.98. The number of nitrogens with zero attached hydrogens (tertiary/aromatic N) is 4. The summed E-state index contributed by atoms with van der Waals surface area (Å²) in [7, 11) is 0. The van der Waals surface area contributed by atoms with Gasteiger partial charge < -0.3 is 5.32 Å². The van der Waals surface area contributed by atoms with Crippen LogP contribution in [0.4, 0.5) is 0 Å². The van der Waals surface area contributed by atoms with E-state index in [2.05, 4.69) is 39.5 Å². The molecule has 0 aromatic rings. The number of nitriles is 1. The van der Waals surface area contributed by atoms with Crippen molar-refractivity contribution in [2.75, 3.05) is 18.6 Å². The van der Waals surface area contributed by atoms with E-state index < -0.39 is 0 Å². The number of aliphatic imine (C=N–C) groups is 3. The van der Waals surface area contributed by atoms with Gasteiger partial charge in [0.25, 0.3) is 0 Å². The Balaban J connectivity index is 1.87. The monoisotopic (exact) mass is 317 g/mol. The second-order valence-corrected chi connectivity index (χ2v) is 6.47. The molecule has 2 aliphatic rings. The van der Waals surface area contributed by atoms with Crippen molar-refractivity contribution in [1.29, 1.82) is 5.26 Å². The topological polar surface area (TPSA) is 72.9 Å². The van der Waals surface area contributed by atoms with Crippen LogP contribution in [0.1, 0.15) is 26.2 Å². The zero-order valence-electron chi connectivity index (χ0n) is 13.2. The summed E-state index contributed by atoms with van der Waals surface area (Å²) in [5.74, 6) is 1.02. The molecule has 1 N–H and O–H groups in total. The standard InChI is InChI=1S/C16H23N5S/c1-12(18-7-8-22-2)14-5-6-16(21-11-20-14)15-4-3-13(9-17)10-19-15/h4,10-13,16,18H,3,5-8H2,1-2H3. The molecule has 3 unspecified atom stereocenters. The molecular formula is C16H23N5S. The Morgan fingerprint density at radius 2 is 2.41 bits per heavy atom. The van der Waals surface area contributed by atoms with E-state index in [1.165, 1.54) is 0 Å². The Morgan fingerprint density at radius 1 is 1.55 bits per heavy atom. The van der Waals surface area contributed by atoms with Crippen LogP contribution in [0.15, 0.2) is 26.8 Å². The lowest BCUT2D eigenvalue weighted by Gasteiger charge is -2.17. The Kier molecular flexibility index (Phi) is 6.81. The molecule has 2 heterocycles. The number of hydrogen-bond acceptors (Lipinski definition) is 6. The fourth-order valence-corrected chi connectivity index (χ4v) is 2.83. The second-order valence-electron chi connectivity index (χ2n) is 5.49. The minimum atomic E-state index is -0.0917. The van der Waals surface area contributed by atoms with Gasteiger partial charge in [-0.15, -0.1) is 0 Å². The van der Waals surface area contributed by atoms with Gasteiger partial charge in [0.2, 0.25) is 0 Å². The van der Waals surface area contributed by atoms with E-state index in [0.29, 0.717) is 0 Å². The third kappa shape index (κ3) is 4.79. The minimum absolute atomic E-state index is 0.0653. The quantitative estimate of drug-likeness (QED) is 0.765. The van der Waals surface area contributed by atoms with Crippen LogP contribution in [-0.4, -0.2) is 48.9 Å². The third-order valence-electron chi connectivity index (χ3n) is 3.89. The predicted molar refractivity (Wildman–Crippen MR) is 95.1 cm³/mol. The van der Waals surface area contributed by atoms with Gasteiger partial charge in [0.1, 0.15) is 6.34 Å². The molecule has 0 bridgehead atoms. The summed E-state index contributed by atoms with van der Waals surface area (Å²) in [5.41, 5.74) is 2.13. The smallest absolute Gasteiger partial charge is 0.110 e. The SMILES string of the molecule is CSCCNC(C)C1=NC=NC(C2=CCC(C#N)C=N2)CC1. The summed E-state index contributed by atoms with van der Waals surface area (Å²) in [6.45, 7) is 3.15. The molecule has 0 radical (unpaired) electrons. The van der Waals surface area contributed by atoms with Crippen molar-refractivity contribution in [3.63, 3.8) is 0 Å². The molecule has 0 saturated heterocycles. The molecule has 0 amide bonds. The van der Waals surface area contributed by atoms with Crippen molar-refractivity contribution in [2.24, 2.45) is 20.9 Å². The van der Waals surface area contributed by atoms with Crippen molar-refractivity contribution >= 4 is 30.0 Å². The van der Waals surface area contributed by atoms with Gasteiger partial charge in [-0.2, -0.15) is 17.0 Å². The van der Waals surface area contributed by atoms with Gasteiger partial charge >= 0.3 is 0 Å². The zero-order chi connectivity index (χ0) is 15.8. The fourth-order valence-electron chi connectivity index (χ4n) is 2.50. The first-order valence-electron chi connectivity index (χ1n) is 7.69. The van der Waals surface area contributed by atoms with Gasteiger partial charge in [0.15, 0.2) is 0 Å². The molecule has 0 aliphatic carbocycles. The van der Waals surface area contributed by atoms with Crippen molar-refractivity contribution in [1.82, 2.24) is 5.32 Å². The van der Waals surface area contributed by atoms with Crippen molar-refractivity contribution in [2.45, 2.75) is 38.3 Å². The summed E-state index contributed by atoms with van der Waals surface area (Å²) in [6.07, 6.45) is 10.2. The normalized spacial score (nSPS) is 25.9. The average molecular weight is 317 g/mol. The first kappa shape index (κ1) is 16.9. The number of nitrogens with one attached hydrogen (secondary N) is 1. The van der Waals surface area contributed by atoms with Gasteiger partial charge in [-0.1, -0.05) is 6.08 Å². The van der Waals surface area contributed by atoms with Gasteiger partial charge in [-0.25, -0.2) is 4.99 Å². The maximum atomic E-state index is 8.89. The molecule has 3 atom stereocenters. The van der Waals surface area contributed by atoms with E-state index in [4.69, 9.17) is 5.26 Å². The highest BCUT2D eigenvalue weighted by atomic mass is 32.2. The van der Waals surface area contributed by atoms with Crippen LogP contribution in [-0.2, 0) is 0 Å². The highest BCUT2D eigenvalue weighted by Gasteiger charge is 2.20. The molecule has 22 heavy (non-hydrogen) atoms. The predicted octanol–water partition coefficient (Wildman–Crippen LogP) is 2.46. The van der Waals surface area contributed by atoms with Crippen LogP contribution in [0, 0.1) is 17.2 Å². The first-order valence-corrected chi connectivity index (χ1v) is 9.08. The van der Waals surface area contributed by atoms with Crippen LogP contribution in [0.3, 0.4) is 0 Å². The van der Waals surface area contributed by atoms with E-state index in [-0.39, 0.29) is 18.0 Å². The first-order chi connectivity index (χ1) is 10.7. The number of thioether (sulfide) groups is 1. The molecule has 5 nitrogen and oxygen atoms in total. The molecule has 0 aromatic heterocycles. The molecule has 6 heteroatoms. The minimum Gasteiger partial charge on any atom is -0.308 e. The van der Waals surface area contributed by atoms with E-state index in [9.17, 15) is 0 Å². The Morgan fingerprint density at radius 3 is 3.09 bits per heavy atom. The summed E-state index contributed by atoms with van der Waals surface area (Å²) < 4.78 is 0. The van der Waals surface area contributed by atoms with Crippen molar-refractivity contribution < 1.29 is 0 Å². The van der Waals surface area contributed by atoms with Crippen LogP contribution >= 0.6 is 11.8 Å². The lowest BCUT2D eigenvalue weighted by Crippen LogP contribution is -2.35. The largest absolute Gasteiger partial charge is 0.308 e. The van der Waals surface area contributed by atoms with Gasteiger partial charge in [-0.05, 0) is 32.4 Å². The van der Waals surface area contributed by atoms with Crippen molar-refractivity contribution in [3.05, 3.63) is 11.8 Å². The zero-order valence-corrected chi connectivity index (χ0v) is 14.0. The summed E-state index contributed by atoms with van der Waals surface area (Å²) >= 11 is 1.84. The number of rotatable bonds is 6. The van der Waals surface area contributed by atoms with Crippen LogP contribution in [0.5, 0.6) is 0 Å². The molecule has 2 rings (SSSR count). The summed E-state index contributed by atoms with van der Waals surface area (Å²) in [6, 6.07) is 2.57. The molecule has 0 saturated carbocycles. The average Bonchev–Trinajstić information content (AvgIpc) is 2.81. The van der Waals surface area contributed by atoms with E-state index in [1.54, 1.807) is 12.6 Å². The van der Waals surface area contributed by atoms with Crippen LogP contribution < -0.4 is 5.32 Å². The Hall–Kier alpha value is -1.45. The molecule has 118 valence electrons. The molecular weight excluding hydrogens is 294 g/mol. The lowest BCUT2D eigenvalue weighted by atomic mass is 9.99. The van der Waals surface area contributed by atoms with Crippen LogP contribution in [0.2, 0.25) is 0 Å². The van der Waals surface area contributed by atoms with Gasteiger partial charge in [0, 0.05) is 30.3 Å². The summed E-state index contributed by atoms with van der Waals surface area (Å²) in [5, 5.41) is 12.4. The maximum absolute atomic E-state index is 8.89. The van der Waals surface area contributed by atoms with Gasteiger partial charge in [0.05, 0.1) is 23.7 Å². The molecule has 0 spiro atoms. The van der Waals surface area contributed by atoms with Crippen molar-refractivity contribution in [3.8, 4) is 6.07 Å². The molecule has 2 aliphatic heterocycles. The number of hydrogen-bond donors (Lipinski definition) is 1. The molecule has 0 aromatic carbocycles. The third-order valence-corrected chi connectivity index (χ3v) is 4.50. The lowest BCUT2D eigenvalue weighted by molar-refractivity contribution is 0.657. The van der Waals surface area contributed by atoms with E-state index in [0.717, 1.165) is 43.0 Å². The maximum Gasteiger partial charge on any atom is 0.110 e. The second kappa shape index (κ2) is 8.86. The Bertz CT molecular complexity index is 529. The van der Waals surface area contributed by atoms with E-state index in [1.807, 2.05) is 17.8 Å². The van der Waals surface area contributed by atoms with Crippen LogP contribution in [0.25, 0.3) is 0 Å². The Labute approximate surface area is 136 Å². The summed E-state index contributed by atoms with van der Waals surface area (Å²) in [4.78, 5) is 13.4. The highest BCUT2D eigenvalue weighted by Crippen LogP contribution is 2.22. The van der Waals surface area contributed by atoms with Gasteiger partial charge in [-0.3, -0.25) is 9.98 Å². The number of allylic oxidation sites excluding steroid dienone is 1.